The van der Waals surface area contributed by atoms with Crippen molar-refractivity contribution in [3.63, 3.8) is 0 Å². The van der Waals surface area contributed by atoms with Gasteiger partial charge in [0.2, 0.25) is 15.8 Å². The van der Waals surface area contributed by atoms with Crippen LogP contribution in [0.4, 0.5) is 5.69 Å². The molecule has 3 aromatic rings. The molecule has 2 aromatic carbocycles. The summed E-state index contributed by atoms with van der Waals surface area (Å²) in [5, 5.41) is 4.30. The molecule has 8 nitrogen and oxygen atoms in total. The average Bonchev–Trinajstić information content (AvgIpc) is 2.78. The lowest BCUT2D eigenvalue weighted by Gasteiger charge is -2.17. The van der Waals surface area contributed by atoms with Crippen molar-refractivity contribution in [3.8, 4) is 0 Å². The Labute approximate surface area is 186 Å². The molecule has 0 amide bonds. The maximum Gasteiger partial charge on any atom is 0.241 e. The van der Waals surface area contributed by atoms with Gasteiger partial charge >= 0.3 is 0 Å². The third-order valence-corrected chi connectivity index (χ3v) is 6.69. The van der Waals surface area contributed by atoms with Gasteiger partial charge in [0.1, 0.15) is 5.69 Å². The van der Waals surface area contributed by atoms with Crippen LogP contribution >= 0.6 is 0 Å². The van der Waals surface area contributed by atoms with Gasteiger partial charge in [0, 0.05) is 55.9 Å². The molecular weight excluding hydrogens is 428 g/mol. The number of nitrogens with one attached hydrogen (secondary N) is 2. The van der Waals surface area contributed by atoms with Crippen molar-refractivity contribution >= 4 is 38.0 Å². The standard InChI is InChI=1S/C23H22N4O4S/c1-27(2)19-9-3-7-16-15(19)6-4-10-21(16)32(30,31)26-13-12-24-18-14-20(28)17-8-5-11-25-22(17)23(18)29/h3-11,14,24,26H,12-13H2,1-2H3. The topological polar surface area (TPSA) is 108 Å². The number of anilines is 1. The van der Waals surface area contributed by atoms with Crippen LogP contribution in [-0.2, 0) is 10.0 Å². The Morgan fingerprint density at radius 1 is 0.938 bits per heavy atom. The zero-order valence-electron chi connectivity index (χ0n) is 17.6. The number of Topliss-reactive ketones (excluding diaryl/α,β-unsaturated/α-hetero) is 1. The molecule has 4 rings (SSSR count). The fourth-order valence-electron chi connectivity index (χ4n) is 3.67. The zero-order valence-corrected chi connectivity index (χ0v) is 18.4. The molecule has 0 aliphatic heterocycles. The van der Waals surface area contributed by atoms with Crippen molar-refractivity contribution in [2.24, 2.45) is 0 Å². The third kappa shape index (κ3) is 4.00. The second-order valence-corrected chi connectivity index (χ2v) is 9.23. The van der Waals surface area contributed by atoms with Crippen LogP contribution in [0.1, 0.15) is 20.8 Å². The van der Waals surface area contributed by atoms with Crippen molar-refractivity contribution in [2.75, 3.05) is 32.1 Å². The Morgan fingerprint density at radius 3 is 2.47 bits per heavy atom. The minimum absolute atomic E-state index is 0.0278. The quantitative estimate of drug-likeness (QED) is 0.531. The molecule has 164 valence electrons. The molecule has 0 atom stereocenters. The summed E-state index contributed by atoms with van der Waals surface area (Å²) in [6.45, 7) is 0.153. The number of fused-ring (bicyclic) bond motifs is 2. The molecule has 0 fully saturated rings. The number of aromatic nitrogens is 1. The first-order valence-corrected chi connectivity index (χ1v) is 11.5. The van der Waals surface area contributed by atoms with E-state index in [1.807, 2.05) is 37.2 Å². The van der Waals surface area contributed by atoms with E-state index in [-0.39, 0.29) is 40.7 Å². The average molecular weight is 451 g/mol. The SMILES string of the molecule is CN(C)c1cccc2c(S(=O)(=O)NCCNC3=CC(=O)c4cccnc4C3=O)cccc12. The first kappa shape index (κ1) is 21.7. The number of benzene rings is 2. The Morgan fingerprint density at radius 2 is 1.69 bits per heavy atom. The summed E-state index contributed by atoms with van der Waals surface area (Å²) in [5.74, 6) is -0.712. The van der Waals surface area contributed by atoms with Gasteiger partial charge in [-0.1, -0.05) is 24.3 Å². The molecule has 1 aliphatic rings. The fourth-order valence-corrected chi connectivity index (χ4v) is 4.92. The van der Waals surface area contributed by atoms with Gasteiger partial charge < -0.3 is 10.2 Å². The molecule has 0 saturated carbocycles. The predicted molar refractivity (Wildman–Crippen MR) is 122 cm³/mol. The molecule has 0 unspecified atom stereocenters. The lowest BCUT2D eigenvalue weighted by atomic mass is 9.97. The number of sulfonamides is 1. The number of hydrogen-bond donors (Lipinski definition) is 2. The highest BCUT2D eigenvalue weighted by Crippen LogP contribution is 2.30. The van der Waals surface area contributed by atoms with Crippen LogP contribution in [0.5, 0.6) is 0 Å². The van der Waals surface area contributed by atoms with Crippen LogP contribution < -0.4 is 14.9 Å². The maximum absolute atomic E-state index is 13.0. The lowest BCUT2D eigenvalue weighted by Crippen LogP contribution is -2.35. The van der Waals surface area contributed by atoms with Gasteiger partial charge in [-0.3, -0.25) is 14.6 Å². The second-order valence-electron chi connectivity index (χ2n) is 7.50. The molecule has 0 radical (unpaired) electrons. The van der Waals surface area contributed by atoms with Crippen LogP contribution in [0.2, 0.25) is 0 Å². The Bertz CT molecular complexity index is 1360. The van der Waals surface area contributed by atoms with Crippen LogP contribution in [0, 0.1) is 0 Å². The predicted octanol–water partition coefficient (Wildman–Crippen LogP) is 2.13. The number of rotatable bonds is 7. The minimum atomic E-state index is -3.80. The minimum Gasteiger partial charge on any atom is -0.380 e. The summed E-state index contributed by atoms with van der Waals surface area (Å²) in [4.78, 5) is 30.8. The van der Waals surface area contributed by atoms with E-state index in [1.54, 1.807) is 30.3 Å². The van der Waals surface area contributed by atoms with Crippen molar-refractivity contribution in [3.05, 3.63) is 77.8 Å². The van der Waals surface area contributed by atoms with E-state index in [0.29, 0.717) is 5.39 Å². The lowest BCUT2D eigenvalue weighted by molar-refractivity contribution is 0.0974. The third-order valence-electron chi connectivity index (χ3n) is 5.17. The summed E-state index contributed by atoms with van der Waals surface area (Å²) in [6.07, 6.45) is 2.67. The van der Waals surface area contributed by atoms with Crippen LogP contribution in [0.15, 0.2) is 71.4 Å². The summed E-state index contributed by atoms with van der Waals surface area (Å²) in [7, 11) is 0.00764. The Kier molecular flexibility index (Phi) is 5.77. The van der Waals surface area contributed by atoms with E-state index < -0.39 is 15.8 Å². The van der Waals surface area contributed by atoms with Crippen molar-refractivity contribution < 1.29 is 18.0 Å². The van der Waals surface area contributed by atoms with Gasteiger partial charge in [0.05, 0.1) is 16.2 Å². The first-order chi connectivity index (χ1) is 15.3. The summed E-state index contributed by atoms with van der Waals surface area (Å²) >= 11 is 0. The molecule has 1 aromatic heterocycles. The molecule has 0 spiro atoms. The van der Waals surface area contributed by atoms with E-state index >= 15 is 0 Å². The molecule has 1 aliphatic carbocycles. The summed E-state index contributed by atoms with van der Waals surface area (Å²) < 4.78 is 28.5. The largest absolute Gasteiger partial charge is 0.380 e. The Balaban J connectivity index is 1.47. The number of carbonyl (C=O) groups excluding carboxylic acids is 2. The van der Waals surface area contributed by atoms with Crippen molar-refractivity contribution in [1.82, 2.24) is 15.0 Å². The zero-order chi connectivity index (χ0) is 22.9. The van der Waals surface area contributed by atoms with Crippen molar-refractivity contribution in [1.29, 1.82) is 0 Å². The number of ketones is 2. The second kappa shape index (κ2) is 8.52. The van der Waals surface area contributed by atoms with Gasteiger partial charge in [0.15, 0.2) is 5.78 Å². The monoisotopic (exact) mass is 450 g/mol. The number of carbonyl (C=O) groups is 2. The van der Waals surface area contributed by atoms with E-state index in [9.17, 15) is 18.0 Å². The van der Waals surface area contributed by atoms with E-state index in [4.69, 9.17) is 0 Å². The van der Waals surface area contributed by atoms with Crippen LogP contribution in [0.3, 0.4) is 0 Å². The molecule has 9 heteroatoms. The highest BCUT2D eigenvalue weighted by Gasteiger charge is 2.26. The summed E-state index contributed by atoms with van der Waals surface area (Å²) in [6, 6.07) is 13.8. The highest BCUT2D eigenvalue weighted by molar-refractivity contribution is 7.89. The number of hydrogen-bond acceptors (Lipinski definition) is 7. The van der Waals surface area contributed by atoms with E-state index in [1.165, 1.54) is 12.3 Å². The molecular formula is C23H22N4O4S. The van der Waals surface area contributed by atoms with Gasteiger partial charge in [-0.05, 0) is 24.3 Å². The molecule has 0 bridgehead atoms. The van der Waals surface area contributed by atoms with Gasteiger partial charge in [-0.15, -0.1) is 0 Å². The fraction of sp³-hybridized carbons (Fsp3) is 0.174. The van der Waals surface area contributed by atoms with E-state index in [0.717, 1.165) is 11.1 Å². The molecule has 2 N–H and O–H groups in total. The van der Waals surface area contributed by atoms with Crippen molar-refractivity contribution in [2.45, 2.75) is 4.90 Å². The number of pyridine rings is 1. The summed E-state index contributed by atoms with van der Waals surface area (Å²) in [5.41, 5.74) is 1.37. The number of nitrogens with zero attached hydrogens (tertiary/aromatic N) is 2. The normalized spacial score (nSPS) is 13.6. The van der Waals surface area contributed by atoms with Gasteiger partial charge in [0.25, 0.3) is 0 Å². The van der Waals surface area contributed by atoms with E-state index in [2.05, 4.69) is 15.0 Å². The van der Waals surface area contributed by atoms with Gasteiger partial charge in [-0.2, -0.15) is 0 Å². The van der Waals surface area contributed by atoms with Crippen LogP contribution in [0.25, 0.3) is 10.8 Å². The first-order valence-electron chi connectivity index (χ1n) is 9.98. The highest BCUT2D eigenvalue weighted by atomic mass is 32.2. The molecule has 0 saturated heterocycles. The smallest absolute Gasteiger partial charge is 0.241 e. The maximum atomic E-state index is 13.0. The molecule has 1 heterocycles. The number of allylic oxidation sites excluding steroid dienone is 2. The van der Waals surface area contributed by atoms with Crippen LogP contribution in [-0.4, -0.2) is 52.2 Å². The Hall–Kier alpha value is -3.56. The molecule has 32 heavy (non-hydrogen) atoms. The van der Waals surface area contributed by atoms with Gasteiger partial charge in [-0.25, -0.2) is 13.1 Å².